The highest BCUT2D eigenvalue weighted by molar-refractivity contribution is 6.00. The van der Waals surface area contributed by atoms with Gasteiger partial charge in [-0.3, -0.25) is 14.9 Å². The van der Waals surface area contributed by atoms with E-state index in [1.165, 1.54) is 0 Å². The van der Waals surface area contributed by atoms with Gasteiger partial charge in [-0.25, -0.2) is 0 Å². The Hall–Kier alpha value is -4.33. The Morgan fingerprint density at radius 1 is 1.09 bits per heavy atom. The molecule has 0 spiro atoms. The number of aromatic nitrogens is 3. The number of hydrogen-bond acceptors (Lipinski definition) is 6. The number of methoxy groups -OCH3 is 1. The second kappa shape index (κ2) is 8.90. The van der Waals surface area contributed by atoms with Gasteiger partial charge in [0.15, 0.2) is 11.5 Å². The lowest BCUT2D eigenvalue weighted by atomic mass is 9.95. The molecular formula is C26H24N4O4. The summed E-state index contributed by atoms with van der Waals surface area (Å²) in [6, 6.07) is 16.1. The third kappa shape index (κ3) is 3.73. The number of ether oxygens (including phenoxy) is 2. The molecular weight excluding hydrogens is 432 g/mol. The van der Waals surface area contributed by atoms with Gasteiger partial charge in [-0.1, -0.05) is 6.07 Å². The molecule has 8 nitrogen and oxygen atoms in total. The molecule has 4 aromatic rings. The van der Waals surface area contributed by atoms with Crippen LogP contribution in [-0.2, 0) is 6.54 Å². The number of aromatic hydroxyl groups is 1. The van der Waals surface area contributed by atoms with Gasteiger partial charge in [0.2, 0.25) is 0 Å². The smallest absolute Gasteiger partial charge is 0.273 e. The molecule has 1 aliphatic rings. The molecule has 1 aliphatic heterocycles. The molecule has 0 aliphatic carbocycles. The van der Waals surface area contributed by atoms with Crippen molar-refractivity contribution in [2.75, 3.05) is 13.7 Å². The number of hydrogen-bond donors (Lipinski definition) is 2. The third-order valence-electron chi connectivity index (χ3n) is 5.93. The number of carbonyl (C=O) groups is 1. The van der Waals surface area contributed by atoms with E-state index in [1.807, 2.05) is 49.4 Å². The van der Waals surface area contributed by atoms with E-state index in [4.69, 9.17) is 9.47 Å². The average Bonchev–Trinajstić information content (AvgIpc) is 3.41. The van der Waals surface area contributed by atoms with E-state index < -0.39 is 6.04 Å². The number of carbonyl (C=O) groups excluding carboxylic acids is 1. The van der Waals surface area contributed by atoms with Crippen LogP contribution in [0.25, 0.3) is 11.3 Å². The number of fused-ring (bicyclic) bond motifs is 1. The number of benzene rings is 2. The van der Waals surface area contributed by atoms with E-state index in [0.717, 1.165) is 28.0 Å². The number of H-pyrrole nitrogens is 1. The van der Waals surface area contributed by atoms with Gasteiger partial charge < -0.3 is 19.5 Å². The minimum absolute atomic E-state index is 0.0541. The maximum atomic E-state index is 13.5. The van der Waals surface area contributed by atoms with Crippen molar-refractivity contribution in [3.05, 3.63) is 89.4 Å². The number of aromatic amines is 1. The zero-order chi connectivity index (χ0) is 23.7. The van der Waals surface area contributed by atoms with Crippen LogP contribution in [0.4, 0.5) is 0 Å². The molecule has 1 unspecified atom stereocenters. The standard InChI is InChI=1S/C26H24N4O4/c1-3-34-21-14-18(6-9-20(21)31)25-22-23(17-4-7-19(33-2)8-5-17)28-29-24(22)26(32)30(25)15-16-10-12-27-13-11-16/h4-14,25,31H,3,15H2,1-2H3,(H,28,29). The summed E-state index contributed by atoms with van der Waals surface area (Å²) in [4.78, 5) is 19.4. The molecule has 0 radical (unpaired) electrons. The highest BCUT2D eigenvalue weighted by Crippen LogP contribution is 2.45. The zero-order valence-electron chi connectivity index (χ0n) is 18.9. The van der Waals surface area contributed by atoms with Crippen LogP contribution in [0, 0.1) is 0 Å². The van der Waals surface area contributed by atoms with Crippen LogP contribution in [0.3, 0.4) is 0 Å². The molecule has 1 atom stereocenters. The fourth-order valence-electron chi connectivity index (χ4n) is 4.33. The van der Waals surface area contributed by atoms with Crippen LogP contribution < -0.4 is 9.47 Å². The summed E-state index contributed by atoms with van der Waals surface area (Å²) < 4.78 is 10.9. The van der Waals surface area contributed by atoms with Crippen molar-refractivity contribution in [1.29, 1.82) is 0 Å². The summed E-state index contributed by atoms with van der Waals surface area (Å²) in [5.41, 5.74) is 4.58. The molecule has 2 N–H and O–H groups in total. The maximum absolute atomic E-state index is 13.5. The van der Waals surface area contributed by atoms with E-state index in [0.29, 0.717) is 30.3 Å². The Labute approximate surface area is 196 Å². The second-order valence-electron chi connectivity index (χ2n) is 7.94. The molecule has 0 fully saturated rings. The summed E-state index contributed by atoms with van der Waals surface area (Å²) in [6.45, 7) is 2.66. The lowest BCUT2D eigenvalue weighted by Gasteiger charge is -2.27. The van der Waals surface area contributed by atoms with Crippen molar-refractivity contribution in [2.45, 2.75) is 19.5 Å². The number of rotatable bonds is 7. The fraction of sp³-hybridized carbons (Fsp3) is 0.192. The molecule has 3 heterocycles. The molecule has 2 aromatic carbocycles. The zero-order valence-corrected chi connectivity index (χ0v) is 18.9. The van der Waals surface area contributed by atoms with Crippen LogP contribution in [0.2, 0.25) is 0 Å². The number of nitrogens with zero attached hydrogens (tertiary/aromatic N) is 3. The van der Waals surface area contributed by atoms with E-state index in [2.05, 4.69) is 15.2 Å². The van der Waals surface area contributed by atoms with Crippen molar-refractivity contribution in [3.63, 3.8) is 0 Å². The number of nitrogens with one attached hydrogen (secondary N) is 1. The first kappa shape index (κ1) is 21.5. The average molecular weight is 457 g/mol. The quantitative estimate of drug-likeness (QED) is 0.429. The topological polar surface area (TPSA) is 101 Å². The van der Waals surface area contributed by atoms with Gasteiger partial charge in [0, 0.05) is 30.1 Å². The van der Waals surface area contributed by atoms with Crippen LogP contribution in [0.5, 0.6) is 17.2 Å². The maximum Gasteiger partial charge on any atom is 0.273 e. The number of amides is 1. The molecule has 172 valence electrons. The molecule has 5 rings (SSSR count). The summed E-state index contributed by atoms with van der Waals surface area (Å²) in [7, 11) is 1.62. The fourth-order valence-corrected chi connectivity index (χ4v) is 4.33. The Morgan fingerprint density at radius 2 is 1.85 bits per heavy atom. The van der Waals surface area contributed by atoms with Crippen LogP contribution in [0.1, 0.15) is 40.1 Å². The van der Waals surface area contributed by atoms with Gasteiger partial charge in [-0.15, -0.1) is 0 Å². The second-order valence-corrected chi connectivity index (χ2v) is 7.94. The van der Waals surface area contributed by atoms with Crippen molar-refractivity contribution in [2.24, 2.45) is 0 Å². The van der Waals surface area contributed by atoms with Crippen LogP contribution in [0.15, 0.2) is 67.0 Å². The minimum Gasteiger partial charge on any atom is -0.504 e. The highest BCUT2D eigenvalue weighted by atomic mass is 16.5. The predicted octanol–water partition coefficient (Wildman–Crippen LogP) is 4.33. The first-order chi connectivity index (χ1) is 16.6. The summed E-state index contributed by atoms with van der Waals surface area (Å²) in [5.74, 6) is 1.02. The summed E-state index contributed by atoms with van der Waals surface area (Å²) >= 11 is 0. The summed E-state index contributed by atoms with van der Waals surface area (Å²) in [6.07, 6.45) is 3.42. The molecule has 0 saturated carbocycles. The normalized spacial score (nSPS) is 14.8. The molecule has 8 heteroatoms. The van der Waals surface area contributed by atoms with E-state index in [1.54, 1.807) is 36.5 Å². The first-order valence-electron chi connectivity index (χ1n) is 11.0. The molecule has 34 heavy (non-hydrogen) atoms. The lowest BCUT2D eigenvalue weighted by Crippen LogP contribution is -2.29. The monoisotopic (exact) mass is 456 g/mol. The van der Waals surface area contributed by atoms with Crippen molar-refractivity contribution in [3.8, 4) is 28.5 Å². The Morgan fingerprint density at radius 3 is 2.56 bits per heavy atom. The van der Waals surface area contributed by atoms with Crippen molar-refractivity contribution in [1.82, 2.24) is 20.1 Å². The molecule has 1 amide bonds. The van der Waals surface area contributed by atoms with Gasteiger partial charge in [0.1, 0.15) is 11.4 Å². The minimum atomic E-state index is -0.425. The van der Waals surface area contributed by atoms with E-state index in [-0.39, 0.29) is 11.7 Å². The number of pyridine rings is 1. The molecule has 0 saturated heterocycles. The Bertz CT molecular complexity index is 1320. The SMILES string of the molecule is CCOc1cc(C2c3c(-c4ccc(OC)cc4)n[nH]c3C(=O)N2Cc2ccncc2)ccc1O. The third-order valence-corrected chi connectivity index (χ3v) is 5.93. The van der Waals surface area contributed by atoms with Crippen LogP contribution >= 0.6 is 0 Å². The van der Waals surface area contributed by atoms with Crippen LogP contribution in [-0.4, -0.2) is 44.8 Å². The number of phenols is 1. The van der Waals surface area contributed by atoms with Gasteiger partial charge >= 0.3 is 0 Å². The van der Waals surface area contributed by atoms with Crippen molar-refractivity contribution >= 4 is 5.91 Å². The van der Waals surface area contributed by atoms with E-state index in [9.17, 15) is 9.90 Å². The molecule has 2 aromatic heterocycles. The predicted molar refractivity (Wildman–Crippen MR) is 126 cm³/mol. The van der Waals surface area contributed by atoms with E-state index >= 15 is 0 Å². The van der Waals surface area contributed by atoms with Gasteiger partial charge in [-0.05, 0) is 66.6 Å². The molecule has 0 bridgehead atoms. The Kier molecular flexibility index (Phi) is 5.63. The van der Waals surface area contributed by atoms with Gasteiger partial charge in [0.05, 0.1) is 25.5 Å². The summed E-state index contributed by atoms with van der Waals surface area (Å²) in [5, 5.41) is 17.7. The Balaban J connectivity index is 1.64. The number of phenolic OH excluding ortho intramolecular Hbond substituents is 1. The van der Waals surface area contributed by atoms with Gasteiger partial charge in [0.25, 0.3) is 5.91 Å². The van der Waals surface area contributed by atoms with Gasteiger partial charge in [-0.2, -0.15) is 5.10 Å². The highest BCUT2D eigenvalue weighted by Gasteiger charge is 2.42. The van der Waals surface area contributed by atoms with Crippen molar-refractivity contribution < 1.29 is 19.4 Å². The first-order valence-corrected chi connectivity index (χ1v) is 11.0. The lowest BCUT2D eigenvalue weighted by molar-refractivity contribution is 0.0729. The largest absolute Gasteiger partial charge is 0.504 e.